The molecule has 144 heavy (non-hydrogen) atoms. The Kier molecular flexibility index (Phi) is 195. The minimum atomic E-state index is -2.56. The van der Waals surface area contributed by atoms with Crippen molar-refractivity contribution < 1.29 is 238 Å². The number of aliphatic hydroxyl groups is 5. The molecule has 6 aromatic rings. The van der Waals surface area contributed by atoms with E-state index in [0.29, 0.717) is 94.0 Å². The molecule has 0 bridgehead atoms. The molecule has 0 spiro atoms. The van der Waals surface area contributed by atoms with Crippen LogP contribution < -0.4 is 164 Å². The van der Waals surface area contributed by atoms with Gasteiger partial charge in [-0.05, 0) is 132 Å². The number of benzene rings is 6. The van der Waals surface area contributed by atoms with Crippen molar-refractivity contribution in [3.05, 3.63) is 232 Å². The molecule has 0 aliphatic carbocycles. The summed E-state index contributed by atoms with van der Waals surface area (Å²) in [6, 6.07) is 65.1. The number of aldehydes is 1. The van der Waals surface area contributed by atoms with Gasteiger partial charge in [-0.3, -0.25) is 39.5 Å². The quantitative estimate of drug-likeness (QED) is 0.00380. The van der Waals surface area contributed by atoms with E-state index >= 15 is 0 Å². The first-order valence-electron chi connectivity index (χ1n) is 44.9. The zero-order valence-corrected chi connectivity index (χ0v) is 108. The van der Waals surface area contributed by atoms with Crippen LogP contribution >= 0.6 is 157 Å². The summed E-state index contributed by atoms with van der Waals surface area (Å²) in [5.41, 5.74) is -1.50. The molecular weight excluding hydrogens is 2610 g/mol. The third-order valence-electron chi connectivity index (χ3n) is 15.8. The van der Waals surface area contributed by atoms with Crippen LogP contribution in [0, 0.1) is 0 Å². The van der Waals surface area contributed by atoms with E-state index in [-0.39, 0.29) is 266 Å². The Hall–Kier alpha value is 2.35. The Morgan fingerprint density at radius 1 is 0.458 bits per heavy atom. The summed E-state index contributed by atoms with van der Waals surface area (Å²) >= 11 is 23.8. The van der Waals surface area contributed by atoms with Gasteiger partial charge in [-0.2, -0.15) is 2.86 Å². The van der Waals surface area contributed by atoms with Crippen molar-refractivity contribution in [1.82, 2.24) is 0 Å². The second-order valence-corrected chi connectivity index (χ2v) is 51.5. The van der Waals surface area contributed by atoms with Gasteiger partial charge in [0.2, 0.25) is 0 Å². The molecule has 834 valence electrons. The predicted molar refractivity (Wildman–Crippen MR) is 638 cm³/mol. The van der Waals surface area contributed by atoms with Gasteiger partial charge in [0.15, 0.2) is 40.5 Å². The Labute approximate surface area is 1060 Å². The summed E-state index contributed by atoms with van der Waals surface area (Å²) in [5, 5.41) is 67.1. The van der Waals surface area contributed by atoms with Gasteiger partial charge < -0.3 is 65.7 Å². The first kappa shape index (κ1) is 188. The normalized spacial score (nSPS) is 11.8. The van der Waals surface area contributed by atoms with E-state index in [1.165, 1.54) is 76.4 Å². The van der Waals surface area contributed by atoms with Gasteiger partial charge in [-0.15, -0.1) is 54.1 Å². The van der Waals surface area contributed by atoms with Gasteiger partial charge in [-0.25, -0.2) is 8.78 Å². The Bertz CT molecular complexity index is 3010. The number of alkyl halides is 17. The molecule has 0 amide bonds. The summed E-state index contributed by atoms with van der Waals surface area (Å²) < 4.78 is 154. The van der Waals surface area contributed by atoms with E-state index in [2.05, 4.69) is 256 Å². The molecule has 39 heteroatoms. The average Bonchev–Trinajstić information content (AvgIpc) is 0.927. The van der Waals surface area contributed by atoms with Crippen LogP contribution in [-0.4, -0.2) is 264 Å². The number of unbranched alkanes of at least 4 members (excludes halogenated alkanes) is 2. The van der Waals surface area contributed by atoms with E-state index in [9.17, 15) is 61.4 Å². The minimum absolute atomic E-state index is 0. The predicted octanol–water partition coefficient (Wildman–Crippen LogP) is 18.0. The number of carbonyl (C=O) groups is 1. The second-order valence-electron chi connectivity index (χ2n) is 29.9. The standard InChI is InChI=1S/C20H20BrP.C19H18BrP.C6H11F.C4H8FIO.3C4H9FO.2C4H7F.3C4H8O.2C4H9O.C3H6FIO.C3H7FO.C3H5FO.C3H6O.CH2Cl2.CH2FI.2CH4.Al.FI.2K.Li.4H/c1-22(17-21,18-11-5-2-6-12-18,19-13-7-3-8-14-19)20-15-9-4-10-16-20;1-21(20,17-11-5-2-6-12-17,18-13-7-3-8-14-18)19-15-9-4-10-16-19;1-2-3-4-5-6-7;5-2-1-4(6)3-7;2*1-6-4-2-3-5;5-3-1-2-4-6;2*1-2-3-4-5;3*1-2-4-5-3-1;2*1-4(2,3)5;4-1-3(5)2-6;2*4-2-1-3-5;1-2-3-4;2*2-1-3;;;;1-2;;;;;;;/h2-16H,17H2,1H3;2-16H,1H3;2-3H,4-6H2,1H3;4,7H,1-3H2;2*2-4H2,1H3;6H,1-4H2;2*2H,1,3-4H2;3*1-4H2;2*1-3H3;3,6H,1-2H2;5H,1-3H2;3H,1-2H2;2,4H,1,3H2;2*1H2;2*1H4;;;;;;;;;/q;;;;;;;;;;;;2*-1;;;;;;;;;;;3*+1;;;;-1/b;;3-2+;;;;;;;;;;;;;;;;;;;;;;;;;;;;. The number of hydrogen-bond donors (Lipinski definition) is 5. The molecule has 3 fully saturated rings. The van der Waals surface area contributed by atoms with Gasteiger partial charge in [-0.1, -0.05) is 132 Å². The Morgan fingerprint density at radius 2 is 0.701 bits per heavy atom. The van der Waals surface area contributed by atoms with Crippen molar-refractivity contribution >= 4 is 213 Å². The van der Waals surface area contributed by atoms with E-state index < -0.39 is 43.1 Å². The van der Waals surface area contributed by atoms with E-state index in [1.807, 2.05) is 64.3 Å². The molecule has 3 aliphatic heterocycles. The molecular formula is C105H180AlBr2Cl2F12I4K2LiO13P2. The van der Waals surface area contributed by atoms with Crippen LogP contribution in [0.15, 0.2) is 232 Å². The van der Waals surface area contributed by atoms with Gasteiger partial charge in [0.1, 0.15) is 17.6 Å². The number of methoxy groups -OCH3 is 2. The number of ether oxygens (including phenoxy) is 5. The molecule has 2 atom stereocenters. The van der Waals surface area contributed by atoms with Gasteiger partial charge >= 0.3 is 397 Å². The number of aliphatic hydroxyl groups excluding tert-OH is 5. The smallest absolute Gasteiger partial charge is 1.00 e. The summed E-state index contributed by atoms with van der Waals surface area (Å²) in [4.78, 5) is 9.16. The number of rotatable bonds is 33. The summed E-state index contributed by atoms with van der Waals surface area (Å²) in [6.07, 6.45) is 22.1. The summed E-state index contributed by atoms with van der Waals surface area (Å²) in [7, 11) is 3.13. The first-order valence-corrected chi connectivity index (χ1v) is 59.5. The maximum atomic E-state index is 11.3. The van der Waals surface area contributed by atoms with Crippen LogP contribution in [0.5, 0.6) is 0 Å². The Morgan fingerprint density at radius 3 is 0.806 bits per heavy atom. The zero-order valence-electron chi connectivity index (χ0n) is 87.4. The first-order chi connectivity index (χ1) is 66.0. The third-order valence-corrected chi connectivity index (χ3v) is 35.2. The molecule has 3 saturated heterocycles. The molecule has 0 saturated carbocycles. The zero-order chi connectivity index (χ0) is 108. The van der Waals surface area contributed by atoms with Crippen LogP contribution in [0.3, 0.4) is 0 Å². The fourth-order valence-electron chi connectivity index (χ4n) is 8.96. The maximum Gasteiger partial charge on any atom is 1.00 e. The molecule has 6 aromatic carbocycles. The fraction of sp³-hybridized carbons (Fsp3) is 0.571. The van der Waals surface area contributed by atoms with Gasteiger partial charge in [0.05, 0.1) is 89.2 Å². The Balaban J connectivity index is -0.0000000701. The van der Waals surface area contributed by atoms with Crippen molar-refractivity contribution in [2.45, 2.75) is 192 Å². The monoisotopic (exact) mass is 2790 g/mol. The van der Waals surface area contributed by atoms with Crippen molar-refractivity contribution in [3.63, 3.8) is 0 Å². The van der Waals surface area contributed by atoms with Crippen molar-refractivity contribution in [2.75, 3.05) is 195 Å². The molecule has 9 rings (SSSR count). The van der Waals surface area contributed by atoms with Crippen LogP contribution in [0.2, 0.25) is 0 Å². The van der Waals surface area contributed by atoms with E-state index in [0.717, 1.165) is 51.1 Å². The minimum Gasteiger partial charge on any atom is -1.00 e. The largest absolute Gasteiger partial charge is 1.00 e. The summed E-state index contributed by atoms with van der Waals surface area (Å²) in [6.45, 7) is 27.9. The fourth-order valence-corrected chi connectivity index (χ4v) is 21.7. The average molecular weight is 2790 g/mol. The molecule has 0 radical (unpaired) electrons. The topological polar surface area (TPSA) is 210 Å². The number of hydrogen-bond acceptors (Lipinski definition) is 13. The van der Waals surface area contributed by atoms with Crippen molar-refractivity contribution in [2.24, 2.45) is 0 Å². The number of carbonyl (C=O) groups excluding carboxylic acids is 1. The molecule has 3 heterocycles. The second kappa shape index (κ2) is 149. The van der Waals surface area contributed by atoms with E-state index in [4.69, 9.17) is 67.7 Å². The van der Waals surface area contributed by atoms with Crippen molar-refractivity contribution in [1.29, 1.82) is 0 Å². The SMILES string of the molecule is C.C.C/C=C/CCCF.C1CCOC1.C1CCOC1.C1CCOC1.C=CCCF.C=CCCF.C=CCO.CC(C)(C)[O-].CC(C)(C)[O-].COCCCF.COCCCF.CP(Br)(c1ccccc1)(c1ccccc1)c1ccccc1.CP(CBr)(c1ccccc1)(c1ccccc1)c1ccccc1.ClCCl.FCI.FI.O=CCCF.OCC(I)CCF.OCC(I)CF.OCCCCF.OCCCF.[AlH3].[H-].[K+].[K+].[Li+]. The molecule has 3 aliphatic rings. The number of allylic oxidation sites excluding steroid dienone is 4. The van der Waals surface area contributed by atoms with Gasteiger partial charge in [0, 0.05) is 90.6 Å². The molecule has 5 N–H and O–H groups in total. The maximum absolute atomic E-state index is 11.3. The van der Waals surface area contributed by atoms with Crippen LogP contribution in [0.4, 0.5) is 51.2 Å². The van der Waals surface area contributed by atoms with Crippen LogP contribution in [0.1, 0.15) is 174 Å². The molecule has 0 aromatic heterocycles. The van der Waals surface area contributed by atoms with Crippen LogP contribution in [0.25, 0.3) is 0 Å². The number of halogens is 20. The van der Waals surface area contributed by atoms with Crippen molar-refractivity contribution in [3.8, 4) is 0 Å². The van der Waals surface area contributed by atoms with Crippen LogP contribution in [-0.2, 0) is 28.5 Å². The third kappa shape index (κ3) is 135. The summed E-state index contributed by atoms with van der Waals surface area (Å²) in [5.74, 6) is 0. The van der Waals surface area contributed by atoms with Gasteiger partial charge in [0.25, 0.3) is 0 Å². The molecule has 2 unspecified atom stereocenters. The molecule has 13 nitrogen and oxygen atoms in total. The van der Waals surface area contributed by atoms with E-state index in [1.54, 1.807) is 90.5 Å².